The summed E-state index contributed by atoms with van der Waals surface area (Å²) in [5, 5.41) is 2.61. The number of carbonyl (C=O) groups excluding carboxylic acids is 1. The van der Waals surface area contributed by atoms with Gasteiger partial charge in [0.1, 0.15) is 5.82 Å². The van der Waals surface area contributed by atoms with E-state index < -0.39 is 5.82 Å². The lowest BCUT2D eigenvalue weighted by molar-refractivity contribution is -0.113. The first-order valence-corrected chi connectivity index (χ1v) is 7.35. The van der Waals surface area contributed by atoms with Crippen molar-refractivity contribution in [3.8, 4) is 0 Å². The van der Waals surface area contributed by atoms with Crippen molar-refractivity contribution in [3.05, 3.63) is 24.0 Å². The quantitative estimate of drug-likeness (QED) is 0.814. The fourth-order valence-electron chi connectivity index (χ4n) is 1.88. The van der Waals surface area contributed by atoms with Crippen LogP contribution >= 0.6 is 11.8 Å². The smallest absolute Gasteiger partial charge is 0.234 e. The molecule has 1 aliphatic rings. The molecular weight excluding hydrogens is 267 g/mol. The average molecular weight is 284 g/mol. The van der Waals surface area contributed by atoms with Crippen molar-refractivity contribution in [1.82, 2.24) is 0 Å². The van der Waals surface area contributed by atoms with E-state index in [1.165, 1.54) is 30.0 Å². The van der Waals surface area contributed by atoms with Crippen LogP contribution in [-0.2, 0) is 9.53 Å². The average Bonchev–Trinajstić information content (AvgIpc) is 2.87. The van der Waals surface area contributed by atoms with Gasteiger partial charge in [-0.2, -0.15) is 0 Å². The van der Waals surface area contributed by atoms with Gasteiger partial charge in [-0.1, -0.05) is 0 Å². The highest BCUT2D eigenvalue weighted by molar-refractivity contribution is 8.00. The highest BCUT2D eigenvalue weighted by Gasteiger charge is 2.16. The van der Waals surface area contributed by atoms with E-state index in [0.717, 1.165) is 25.2 Å². The van der Waals surface area contributed by atoms with E-state index in [0.29, 0.717) is 17.1 Å². The second kappa shape index (κ2) is 6.77. The second-order valence-corrected chi connectivity index (χ2v) is 5.46. The van der Waals surface area contributed by atoms with Crippen LogP contribution in [0.5, 0.6) is 0 Å². The summed E-state index contributed by atoms with van der Waals surface area (Å²) in [6.45, 7) is 0.817. The van der Waals surface area contributed by atoms with Gasteiger partial charge >= 0.3 is 0 Å². The molecule has 0 aromatic heterocycles. The molecule has 1 aromatic rings. The maximum Gasteiger partial charge on any atom is 0.234 e. The number of thioether (sulfide) groups is 1. The summed E-state index contributed by atoms with van der Waals surface area (Å²) >= 11 is 1.52. The molecular formula is C13H17FN2O2S. The molecule has 1 atom stereocenters. The lowest BCUT2D eigenvalue weighted by Crippen LogP contribution is -2.17. The largest absolute Gasteiger partial charge is 0.397 e. The summed E-state index contributed by atoms with van der Waals surface area (Å²) in [4.78, 5) is 11.7. The molecule has 1 aromatic carbocycles. The molecule has 4 nitrogen and oxygen atoms in total. The van der Waals surface area contributed by atoms with E-state index in [-0.39, 0.29) is 12.0 Å². The third kappa shape index (κ3) is 4.40. The normalized spacial score (nSPS) is 18.5. The molecule has 1 saturated heterocycles. The zero-order chi connectivity index (χ0) is 13.7. The predicted octanol–water partition coefficient (Wildman–Crippen LogP) is 2.26. The molecule has 1 heterocycles. The molecule has 0 spiro atoms. The van der Waals surface area contributed by atoms with Gasteiger partial charge in [0.15, 0.2) is 0 Å². The van der Waals surface area contributed by atoms with Crippen molar-refractivity contribution in [1.29, 1.82) is 0 Å². The van der Waals surface area contributed by atoms with Gasteiger partial charge < -0.3 is 15.8 Å². The van der Waals surface area contributed by atoms with E-state index in [2.05, 4.69) is 5.32 Å². The maximum absolute atomic E-state index is 13.0. The third-order valence-electron chi connectivity index (χ3n) is 2.85. The first-order chi connectivity index (χ1) is 9.15. The summed E-state index contributed by atoms with van der Waals surface area (Å²) in [6, 6.07) is 3.92. The molecule has 3 N–H and O–H groups in total. The molecule has 0 bridgehead atoms. The number of amides is 1. The third-order valence-corrected chi connectivity index (χ3v) is 3.92. The van der Waals surface area contributed by atoms with Gasteiger partial charge in [0.2, 0.25) is 5.91 Å². The number of carbonyl (C=O) groups is 1. The molecule has 19 heavy (non-hydrogen) atoms. The summed E-state index contributed by atoms with van der Waals surface area (Å²) in [5.41, 5.74) is 6.34. The Bertz CT molecular complexity index is 450. The Morgan fingerprint density at radius 3 is 3.16 bits per heavy atom. The van der Waals surface area contributed by atoms with Crippen LogP contribution in [0.15, 0.2) is 18.2 Å². The molecule has 1 amide bonds. The Morgan fingerprint density at radius 1 is 1.58 bits per heavy atom. The summed E-state index contributed by atoms with van der Waals surface area (Å²) in [7, 11) is 0. The van der Waals surface area contributed by atoms with E-state index in [1.54, 1.807) is 0 Å². The van der Waals surface area contributed by atoms with Crippen LogP contribution < -0.4 is 11.1 Å². The van der Waals surface area contributed by atoms with Crippen LogP contribution in [-0.4, -0.2) is 30.1 Å². The van der Waals surface area contributed by atoms with E-state index in [1.807, 2.05) is 0 Å². The Morgan fingerprint density at radius 2 is 2.42 bits per heavy atom. The molecule has 1 fully saturated rings. The monoisotopic (exact) mass is 284 g/mol. The number of nitrogens with one attached hydrogen (secondary N) is 1. The van der Waals surface area contributed by atoms with Crippen LogP contribution in [0, 0.1) is 5.82 Å². The lowest BCUT2D eigenvalue weighted by atomic mass is 10.2. The van der Waals surface area contributed by atoms with Crippen molar-refractivity contribution >= 4 is 29.0 Å². The SMILES string of the molecule is Nc1ccc(F)cc1NC(=O)CSCC1CCCO1. The van der Waals surface area contributed by atoms with Crippen LogP contribution in [0.2, 0.25) is 0 Å². The Labute approximate surface area is 115 Å². The van der Waals surface area contributed by atoms with Gasteiger partial charge in [0.25, 0.3) is 0 Å². The van der Waals surface area contributed by atoms with Crippen molar-refractivity contribution in [2.45, 2.75) is 18.9 Å². The summed E-state index contributed by atoms with van der Waals surface area (Å²) < 4.78 is 18.5. The first-order valence-electron chi connectivity index (χ1n) is 6.19. The molecule has 0 saturated carbocycles. The standard InChI is InChI=1S/C13H17FN2O2S/c14-9-3-4-11(15)12(6-9)16-13(17)8-19-7-10-2-1-5-18-10/h3-4,6,10H,1-2,5,7-8,15H2,(H,16,17). The number of hydrogen-bond acceptors (Lipinski definition) is 4. The van der Waals surface area contributed by atoms with E-state index >= 15 is 0 Å². The predicted molar refractivity (Wildman–Crippen MR) is 75.7 cm³/mol. The Balaban J connectivity index is 1.75. The van der Waals surface area contributed by atoms with Gasteiger partial charge in [0, 0.05) is 12.4 Å². The summed E-state index contributed by atoms with van der Waals surface area (Å²) in [5.74, 6) is 0.527. The molecule has 0 aliphatic carbocycles. The van der Waals surface area contributed by atoms with Gasteiger partial charge in [0.05, 0.1) is 23.2 Å². The van der Waals surface area contributed by atoms with Crippen molar-refractivity contribution in [2.75, 3.05) is 29.2 Å². The molecule has 1 unspecified atom stereocenters. The fraction of sp³-hybridized carbons (Fsp3) is 0.462. The lowest BCUT2D eigenvalue weighted by Gasteiger charge is -2.10. The number of benzene rings is 1. The van der Waals surface area contributed by atoms with Crippen LogP contribution in [0.4, 0.5) is 15.8 Å². The molecule has 1 aliphatic heterocycles. The number of anilines is 2. The minimum Gasteiger partial charge on any atom is -0.397 e. The molecule has 6 heteroatoms. The number of hydrogen-bond donors (Lipinski definition) is 2. The van der Waals surface area contributed by atoms with Crippen LogP contribution in [0.3, 0.4) is 0 Å². The van der Waals surface area contributed by atoms with Gasteiger partial charge in [-0.25, -0.2) is 4.39 Å². The molecule has 104 valence electrons. The maximum atomic E-state index is 13.0. The molecule has 0 radical (unpaired) electrons. The highest BCUT2D eigenvalue weighted by Crippen LogP contribution is 2.20. The van der Waals surface area contributed by atoms with Crippen molar-refractivity contribution in [3.63, 3.8) is 0 Å². The highest BCUT2D eigenvalue weighted by atomic mass is 32.2. The number of rotatable bonds is 5. The zero-order valence-electron chi connectivity index (χ0n) is 10.5. The number of ether oxygens (including phenoxy) is 1. The van der Waals surface area contributed by atoms with E-state index in [4.69, 9.17) is 10.5 Å². The molecule has 2 rings (SSSR count). The first kappa shape index (κ1) is 14.1. The number of halogens is 1. The second-order valence-electron chi connectivity index (χ2n) is 4.43. The zero-order valence-corrected chi connectivity index (χ0v) is 11.3. The van der Waals surface area contributed by atoms with E-state index in [9.17, 15) is 9.18 Å². The number of nitrogens with two attached hydrogens (primary N) is 1. The van der Waals surface area contributed by atoms with Crippen LogP contribution in [0.25, 0.3) is 0 Å². The van der Waals surface area contributed by atoms with Crippen molar-refractivity contribution < 1.29 is 13.9 Å². The Hall–Kier alpha value is -1.27. The van der Waals surface area contributed by atoms with Crippen molar-refractivity contribution in [2.24, 2.45) is 0 Å². The minimum absolute atomic E-state index is 0.180. The van der Waals surface area contributed by atoms with Gasteiger partial charge in [-0.15, -0.1) is 11.8 Å². The number of nitrogen functional groups attached to an aromatic ring is 1. The van der Waals surface area contributed by atoms with Crippen LogP contribution in [0.1, 0.15) is 12.8 Å². The van der Waals surface area contributed by atoms with Gasteiger partial charge in [-0.3, -0.25) is 4.79 Å². The topological polar surface area (TPSA) is 64.3 Å². The summed E-state index contributed by atoms with van der Waals surface area (Å²) in [6.07, 6.45) is 2.42. The minimum atomic E-state index is -0.420. The fourth-order valence-corrected chi connectivity index (χ4v) is 2.78. The Kier molecular flexibility index (Phi) is 5.04. The van der Waals surface area contributed by atoms with Gasteiger partial charge in [-0.05, 0) is 31.0 Å².